The number of rotatable bonds is 4. The van der Waals surface area contributed by atoms with E-state index in [0.29, 0.717) is 23.9 Å². The molecule has 0 spiro atoms. The molecule has 0 N–H and O–H groups in total. The lowest BCUT2D eigenvalue weighted by atomic mass is 10.4. The fraction of sp³-hybridized carbons (Fsp3) is 0.500. The molecule has 0 saturated heterocycles. The van der Waals surface area contributed by atoms with Crippen LogP contribution >= 0.6 is 0 Å². The van der Waals surface area contributed by atoms with Crippen LogP contribution in [0.4, 0.5) is 5.69 Å². The molecule has 0 atom stereocenters. The Balaban J connectivity index is 2.21. The second-order valence-electron chi connectivity index (χ2n) is 3.73. The van der Waals surface area contributed by atoms with Crippen molar-refractivity contribution in [1.82, 2.24) is 19.9 Å². The van der Waals surface area contributed by atoms with Gasteiger partial charge in [0.25, 0.3) is 5.69 Å². The van der Waals surface area contributed by atoms with Crippen LogP contribution in [0.2, 0.25) is 0 Å². The predicted octanol–water partition coefficient (Wildman–Crippen LogP) is 1.23. The Labute approximate surface area is 98.0 Å². The second kappa shape index (κ2) is 4.44. The summed E-state index contributed by atoms with van der Waals surface area (Å²) in [5.41, 5.74) is 1.32. The minimum atomic E-state index is 0.382. The van der Waals surface area contributed by atoms with Gasteiger partial charge in [-0.25, -0.2) is 0 Å². The van der Waals surface area contributed by atoms with E-state index in [1.54, 1.807) is 4.68 Å². The van der Waals surface area contributed by atoms with E-state index >= 15 is 0 Å². The fourth-order valence-electron chi connectivity index (χ4n) is 1.53. The standard InChI is InChI=1S/C10H14N5O2/c1-4-9-12-10(17-13-9)6-15-7(2)8(5-11-15)14(3)16/h5H,4,6H2,1-3H3/q+1. The molecule has 0 bridgehead atoms. The van der Waals surface area contributed by atoms with Crippen molar-refractivity contribution in [2.75, 3.05) is 7.05 Å². The minimum Gasteiger partial charge on any atom is -0.337 e. The molecule has 7 nitrogen and oxygen atoms in total. The Bertz CT molecular complexity index is 543. The SMILES string of the molecule is CCc1noc(Cn2ncc([N+](C)=O)c2C)n1. The van der Waals surface area contributed by atoms with E-state index in [-0.39, 0.29) is 0 Å². The van der Waals surface area contributed by atoms with Crippen LogP contribution in [0.5, 0.6) is 0 Å². The summed E-state index contributed by atoms with van der Waals surface area (Å²) in [6, 6.07) is 0. The first-order valence-electron chi connectivity index (χ1n) is 5.36. The molecule has 2 heterocycles. The topological polar surface area (TPSA) is 76.8 Å². The van der Waals surface area contributed by atoms with Crippen LogP contribution < -0.4 is 0 Å². The molecular formula is C10H14N5O2+. The van der Waals surface area contributed by atoms with Gasteiger partial charge in [0.1, 0.15) is 18.4 Å². The van der Waals surface area contributed by atoms with Crippen molar-refractivity contribution < 1.29 is 9.28 Å². The van der Waals surface area contributed by atoms with E-state index in [1.807, 2.05) is 13.8 Å². The van der Waals surface area contributed by atoms with Crippen LogP contribution in [0.3, 0.4) is 0 Å². The summed E-state index contributed by atoms with van der Waals surface area (Å²) in [7, 11) is 1.44. The third kappa shape index (κ3) is 2.22. The van der Waals surface area contributed by atoms with Crippen LogP contribution in [0.25, 0.3) is 0 Å². The fourth-order valence-corrected chi connectivity index (χ4v) is 1.53. The number of hydrogen-bond donors (Lipinski definition) is 0. The zero-order chi connectivity index (χ0) is 12.4. The highest BCUT2D eigenvalue weighted by Gasteiger charge is 2.18. The van der Waals surface area contributed by atoms with E-state index in [0.717, 1.165) is 16.9 Å². The number of hydrogen-bond acceptors (Lipinski definition) is 5. The molecule has 0 aliphatic rings. The largest absolute Gasteiger partial charge is 0.337 e. The van der Waals surface area contributed by atoms with Crippen LogP contribution in [-0.4, -0.2) is 31.7 Å². The van der Waals surface area contributed by atoms with Crippen molar-refractivity contribution in [2.24, 2.45) is 0 Å². The Morgan fingerprint density at radius 3 is 2.82 bits per heavy atom. The van der Waals surface area contributed by atoms with Gasteiger partial charge in [0.05, 0.1) is 0 Å². The molecule has 0 unspecified atom stereocenters. The zero-order valence-electron chi connectivity index (χ0n) is 10.0. The summed E-state index contributed by atoms with van der Waals surface area (Å²) in [4.78, 5) is 15.4. The van der Waals surface area contributed by atoms with Gasteiger partial charge in [-0.3, -0.25) is 4.68 Å². The zero-order valence-corrected chi connectivity index (χ0v) is 10.0. The van der Waals surface area contributed by atoms with Gasteiger partial charge in [-0.2, -0.15) is 10.1 Å². The number of aryl methyl sites for hydroxylation is 1. The van der Waals surface area contributed by atoms with E-state index in [4.69, 9.17) is 4.52 Å². The lowest BCUT2D eigenvalue weighted by Crippen LogP contribution is -2.04. The van der Waals surface area contributed by atoms with Gasteiger partial charge in [-0.05, 0) is 6.92 Å². The lowest BCUT2D eigenvalue weighted by Gasteiger charge is -1.97. The third-order valence-corrected chi connectivity index (χ3v) is 2.53. The molecule has 0 aliphatic heterocycles. The van der Waals surface area contributed by atoms with E-state index in [9.17, 15) is 4.91 Å². The summed E-state index contributed by atoms with van der Waals surface area (Å²) in [5, 5.41) is 7.92. The van der Waals surface area contributed by atoms with Crippen molar-refractivity contribution in [3.05, 3.63) is 28.5 Å². The van der Waals surface area contributed by atoms with Crippen LogP contribution in [0.1, 0.15) is 24.3 Å². The highest BCUT2D eigenvalue weighted by molar-refractivity contribution is 5.31. The maximum absolute atomic E-state index is 11.2. The highest BCUT2D eigenvalue weighted by atomic mass is 16.5. The Morgan fingerprint density at radius 1 is 1.53 bits per heavy atom. The summed E-state index contributed by atoms with van der Waals surface area (Å²) in [6.45, 7) is 4.17. The first-order valence-corrected chi connectivity index (χ1v) is 5.36. The number of nitrogens with zero attached hydrogens (tertiary/aromatic N) is 5. The maximum Gasteiger partial charge on any atom is 0.296 e. The molecule has 2 rings (SSSR count). The predicted molar refractivity (Wildman–Crippen MR) is 59.0 cm³/mol. The molecule has 0 amide bonds. The van der Waals surface area contributed by atoms with Gasteiger partial charge >= 0.3 is 0 Å². The first-order chi connectivity index (χ1) is 8.11. The number of nitroso groups, excluding NO2 is 1. The van der Waals surface area contributed by atoms with Crippen LogP contribution in [0.15, 0.2) is 10.7 Å². The smallest absolute Gasteiger partial charge is 0.296 e. The molecule has 0 saturated carbocycles. The van der Waals surface area contributed by atoms with Gasteiger partial charge in [0.2, 0.25) is 5.89 Å². The maximum atomic E-state index is 11.2. The van der Waals surface area contributed by atoms with Crippen molar-refractivity contribution in [2.45, 2.75) is 26.8 Å². The molecule has 2 aromatic rings. The first kappa shape index (κ1) is 11.4. The Kier molecular flexibility index (Phi) is 2.99. The number of aromatic nitrogens is 4. The van der Waals surface area contributed by atoms with Crippen molar-refractivity contribution in [3.8, 4) is 0 Å². The Hall–Kier alpha value is -2.05. The summed E-state index contributed by atoms with van der Waals surface area (Å²) < 4.78 is 7.52. The molecule has 0 radical (unpaired) electrons. The van der Waals surface area contributed by atoms with Crippen molar-refractivity contribution in [1.29, 1.82) is 0 Å². The minimum absolute atomic E-state index is 0.382. The van der Waals surface area contributed by atoms with Gasteiger partial charge in [0, 0.05) is 16.1 Å². The second-order valence-corrected chi connectivity index (χ2v) is 3.73. The average molecular weight is 236 g/mol. The summed E-state index contributed by atoms with van der Waals surface area (Å²) >= 11 is 0. The van der Waals surface area contributed by atoms with Crippen molar-refractivity contribution in [3.63, 3.8) is 0 Å². The van der Waals surface area contributed by atoms with Crippen LogP contribution in [0, 0.1) is 11.8 Å². The third-order valence-electron chi connectivity index (χ3n) is 2.53. The average Bonchev–Trinajstić information content (AvgIpc) is 2.87. The van der Waals surface area contributed by atoms with E-state index in [2.05, 4.69) is 15.2 Å². The lowest BCUT2D eigenvalue weighted by molar-refractivity contribution is -0.428. The van der Waals surface area contributed by atoms with Gasteiger partial charge in [-0.15, -0.1) is 0 Å². The molecule has 7 heteroatoms. The highest BCUT2D eigenvalue weighted by Crippen LogP contribution is 2.16. The summed E-state index contributed by atoms with van der Waals surface area (Å²) in [6.07, 6.45) is 2.26. The molecule has 0 aliphatic carbocycles. The molecule has 17 heavy (non-hydrogen) atoms. The molecular weight excluding hydrogens is 222 g/mol. The summed E-state index contributed by atoms with van der Waals surface area (Å²) in [5.74, 6) is 1.17. The molecule has 90 valence electrons. The Morgan fingerprint density at radius 2 is 2.29 bits per heavy atom. The monoisotopic (exact) mass is 236 g/mol. The van der Waals surface area contributed by atoms with E-state index in [1.165, 1.54) is 13.2 Å². The normalized spacial score (nSPS) is 10.8. The molecule has 0 fully saturated rings. The van der Waals surface area contributed by atoms with Gasteiger partial charge in [0.15, 0.2) is 12.9 Å². The van der Waals surface area contributed by atoms with Gasteiger partial charge in [-0.1, -0.05) is 12.1 Å². The molecule has 0 aromatic carbocycles. The van der Waals surface area contributed by atoms with Crippen LogP contribution in [-0.2, 0) is 13.0 Å². The van der Waals surface area contributed by atoms with Gasteiger partial charge < -0.3 is 4.52 Å². The quantitative estimate of drug-likeness (QED) is 0.746. The molecule has 2 aromatic heterocycles. The van der Waals surface area contributed by atoms with E-state index < -0.39 is 0 Å². The van der Waals surface area contributed by atoms with Crippen molar-refractivity contribution >= 4 is 5.69 Å².